The first-order valence-electron chi connectivity index (χ1n) is 5.79. The Labute approximate surface area is 98.8 Å². The number of aliphatic hydroxyl groups is 1. The fourth-order valence-electron chi connectivity index (χ4n) is 1.43. The maximum Gasteiger partial charge on any atom is 0.174 e. The minimum absolute atomic E-state index is 0.0168. The summed E-state index contributed by atoms with van der Waals surface area (Å²) in [6.07, 6.45) is 8.39. The molecule has 0 rings (SSSR count). The molecule has 0 heterocycles. The van der Waals surface area contributed by atoms with E-state index in [9.17, 15) is 5.11 Å². The van der Waals surface area contributed by atoms with Gasteiger partial charge in [-0.05, 0) is 44.4 Å². The highest BCUT2D eigenvalue weighted by molar-refractivity contribution is 7.80. The highest BCUT2D eigenvalue weighted by Crippen LogP contribution is 2.03. The predicted octanol–water partition coefficient (Wildman–Crippen LogP) is 3.38. The van der Waals surface area contributed by atoms with E-state index in [-0.39, 0.29) is 11.1 Å². The molecule has 0 aliphatic rings. The maximum atomic E-state index is 9.31. The van der Waals surface area contributed by atoms with Crippen LogP contribution in [0.3, 0.4) is 0 Å². The number of unbranched alkanes of at least 4 members (excludes halogenated alkanes) is 3. The molecule has 88 valence electrons. The lowest BCUT2D eigenvalue weighted by Gasteiger charge is -2.15. The van der Waals surface area contributed by atoms with Crippen LogP contribution in [-0.2, 0) is 0 Å². The van der Waals surface area contributed by atoms with Crippen LogP contribution in [0.5, 0.6) is 0 Å². The van der Waals surface area contributed by atoms with E-state index in [0.717, 1.165) is 32.2 Å². The number of hydrogen-bond acceptors (Lipinski definition) is 2. The lowest BCUT2D eigenvalue weighted by atomic mass is 10.1. The minimum Gasteiger partial charge on any atom is -0.501 e. The first-order chi connectivity index (χ1) is 7.22. The fraction of sp³-hybridized carbons (Fsp3) is 0.750. The van der Waals surface area contributed by atoms with Gasteiger partial charge in [0, 0.05) is 0 Å². The van der Waals surface area contributed by atoms with Crippen LogP contribution in [0, 0.1) is 0 Å². The van der Waals surface area contributed by atoms with Gasteiger partial charge in [-0.25, -0.2) is 0 Å². The summed E-state index contributed by atoms with van der Waals surface area (Å²) in [4.78, 5) is 0. The Kier molecular flexibility index (Phi) is 9.84. The summed E-state index contributed by atoms with van der Waals surface area (Å²) < 4.78 is 0. The molecule has 0 aromatic carbocycles. The van der Waals surface area contributed by atoms with Gasteiger partial charge in [-0.15, -0.1) is 6.58 Å². The zero-order valence-electron chi connectivity index (χ0n) is 9.67. The average Bonchev–Trinajstić information content (AvgIpc) is 2.21. The fourth-order valence-corrected chi connectivity index (χ4v) is 1.63. The molecule has 15 heavy (non-hydrogen) atoms. The van der Waals surface area contributed by atoms with Crippen molar-refractivity contribution in [3.63, 3.8) is 0 Å². The molecule has 0 spiro atoms. The summed E-state index contributed by atoms with van der Waals surface area (Å²) in [5, 5.41) is 12.7. The second-order valence-corrected chi connectivity index (χ2v) is 4.19. The van der Waals surface area contributed by atoms with Gasteiger partial charge >= 0.3 is 0 Å². The zero-order valence-corrected chi connectivity index (χ0v) is 10.5. The van der Waals surface area contributed by atoms with Gasteiger partial charge in [0.2, 0.25) is 0 Å². The van der Waals surface area contributed by atoms with Gasteiger partial charge in [-0.1, -0.05) is 25.8 Å². The van der Waals surface area contributed by atoms with Gasteiger partial charge < -0.3 is 10.4 Å². The van der Waals surface area contributed by atoms with Gasteiger partial charge in [-0.2, -0.15) is 0 Å². The third kappa shape index (κ3) is 8.58. The number of allylic oxidation sites excluding steroid dienone is 1. The van der Waals surface area contributed by atoms with Crippen LogP contribution in [-0.4, -0.2) is 22.7 Å². The van der Waals surface area contributed by atoms with E-state index in [2.05, 4.69) is 18.8 Å². The van der Waals surface area contributed by atoms with Crippen molar-refractivity contribution in [3.8, 4) is 0 Å². The molecule has 0 radical (unpaired) electrons. The number of aliphatic hydroxyl groups excluding tert-OH is 1. The second kappa shape index (κ2) is 10.1. The average molecular weight is 229 g/mol. The van der Waals surface area contributed by atoms with Gasteiger partial charge in [0.25, 0.3) is 0 Å². The van der Waals surface area contributed by atoms with Gasteiger partial charge in [-0.3, -0.25) is 0 Å². The number of thiocarbonyl (C=S) groups is 1. The van der Waals surface area contributed by atoms with Gasteiger partial charge in [0.15, 0.2) is 5.05 Å². The van der Waals surface area contributed by atoms with Crippen molar-refractivity contribution in [2.75, 3.05) is 6.54 Å². The maximum absolute atomic E-state index is 9.31. The Balaban J connectivity index is 3.63. The molecule has 2 nitrogen and oxygen atoms in total. The summed E-state index contributed by atoms with van der Waals surface area (Å²) in [5.74, 6) is 0. The minimum atomic E-state index is -0.0168. The normalized spacial score (nSPS) is 12.3. The molecular formula is C12H23NOS. The monoisotopic (exact) mass is 229 g/mol. The Morgan fingerprint density at radius 1 is 1.47 bits per heavy atom. The molecule has 1 unspecified atom stereocenters. The van der Waals surface area contributed by atoms with Gasteiger partial charge in [0.1, 0.15) is 0 Å². The molecule has 2 N–H and O–H groups in total. The van der Waals surface area contributed by atoms with Crippen molar-refractivity contribution < 1.29 is 5.11 Å². The largest absolute Gasteiger partial charge is 0.501 e. The summed E-state index contributed by atoms with van der Waals surface area (Å²) in [6, 6.07) is -0.0168. The van der Waals surface area contributed by atoms with E-state index in [1.54, 1.807) is 0 Å². The first-order valence-corrected chi connectivity index (χ1v) is 6.20. The van der Waals surface area contributed by atoms with E-state index >= 15 is 0 Å². The quantitative estimate of drug-likeness (QED) is 0.342. The number of rotatable bonds is 10. The Hall–Kier alpha value is -0.410. The van der Waals surface area contributed by atoms with Crippen molar-refractivity contribution in [1.82, 2.24) is 5.32 Å². The number of hydrogen-bond donors (Lipinski definition) is 2. The van der Waals surface area contributed by atoms with Crippen LogP contribution in [0.1, 0.15) is 45.4 Å². The lowest BCUT2D eigenvalue weighted by Crippen LogP contribution is -2.36. The summed E-state index contributed by atoms with van der Waals surface area (Å²) in [6.45, 7) is 6.79. The van der Waals surface area contributed by atoms with Crippen molar-refractivity contribution in [3.05, 3.63) is 12.7 Å². The molecule has 0 fully saturated rings. The standard InChI is InChI=1S/C12H23NOS/c1-3-5-7-9-11(12(14)15)13-10-8-6-4-2/h3,11,13H,1,4-10H2,2H3,(H,14,15). The molecule has 0 saturated heterocycles. The predicted molar refractivity (Wildman–Crippen MR) is 70.6 cm³/mol. The molecule has 0 aliphatic carbocycles. The van der Waals surface area contributed by atoms with Crippen molar-refractivity contribution in [2.45, 2.75) is 51.5 Å². The van der Waals surface area contributed by atoms with E-state index < -0.39 is 0 Å². The SMILES string of the molecule is C=CCCCC(NCCCCC)C(O)=S. The molecular weight excluding hydrogens is 206 g/mol. The van der Waals surface area contributed by atoms with Crippen LogP contribution >= 0.6 is 12.2 Å². The van der Waals surface area contributed by atoms with Crippen LogP contribution in [0.2, 0.25) is 0 Å². The van der Waals surface area contributed by atoms with Crippen molar-refractivity contribution >= 4 is 17.3 Å². The Bertz CT molecular complexity index is 182. The zero-order chi connectivity index (χ0) is 11.5. The van der Waals surface area contributed by atoms with Crippen molar-refractivity contribution in [1.29, 1.82) is 0 Å². The van der Waals surface area contributed by atoms with Gasteiger partial charge in [0.05, 0.1) is 6.04 Å². The second-order valence-electron chi connectivity index (χ2n) is 3.77. The van der Waals surface area contributed by atoms with E-state index in [0.29, 0.717) is 0 Å². The first kappa shape index (κ1) is 14.6. The molecule has 0 aromatic heterocycles. The Morgan fingerprint density at radius 3 is 2.73 bits per heavy atom. The third-order valence-electron chi connectivity index (χ3n) is 2.37. The molecule has 1 atom stereocenters. The van der Waals surface area contributed by atoms with Crippen LogP contribution in [0.25, 0.3) is 0 Å². The van der Waals surface area contributed by atoms with Crippen LogP contribution in [0.15, 0.2) is 12.7 Å². The molecule has 0 amide bonds. The molecule has 0 aromatic rings. The lowest BCUT2D eigenvalue weighted by molar-refractivity contribution is 0.463. The molecule has 0 saturated carbocycles. The summed E-state index contributed by atoms with van der Waals surface area (Å²) in [7, 11) is 0. The smallest absolute Gasteiger partial charge is 0.174 e. The molecule has 0 bridgehead atoms. The summed E-state index contributed by atoms with van der Waals surface area (Å²) >= 11 is 4.81. The van der Waals surface area contributed by atoms with E-state index in [1.165, 1.54) is 12.8 Å². The summed E-state index contributed by atoms with van der Waals surface area (Å²) in [5.41, 5.74) is 0. The third-order valence-corrected chi connectivity index (χ3v) is 2.65. The highest BCUT2D eigenvalue weighted by atomic mass is 32.1. The topological polar surface area (TPSA) is 32.3 Å². The Morgan fingerprint density at radius 2 is 2.20 bits per heavy atom. The number of nitrogens with one attached hydrogen (secondary N) is 1. The van der Waals surface area contributed by atoms with E-state index in [4.69, 9.17) is 12.2 Å². The van der Waals surface area contributed by atoms with Crippen molar-refractivity contribution in [2.24, 2.45) is 0 Å². The van der Waals surface area contributed by atoms with Crippen LogP contribution < -0.4 is 5.32 Å². The van der Waals surface area contributed by atoms with E-state index in [1.807, 2.05) is 6.08 Å². The molecule has 0 aliphatic heterocycles. The highest BCUT2D eigenvalue weighted by Gasteiger charge is 2.11. The van der Waals surface area contributed by atoms with Crippen LogP contribution in [0.4, 0.5) is 0 Å². The molecule has 3 heteroatoms.